The highest BCUT2D eigenvalue weighted by Gasteiger charge is 2.28. The van der Waals surface area contributed by atoms with Crippen LogP contribution in [0.4, 0.5) is 5.69 Å². The van der Waals surface area contributed by atoms with Gasteiger partial charge in [-0.1, -0.05) is 17.3 Å². The molecule has 102 valence electrons. The van der Waals surface area contributed by atoms with Gasteiger partial charge in [0.2, 0.25) is 0 Å². The third-order valence-corrected chi connectivity index (χ3v) is 3.22. The zero-order valence-corrected chi connectivity index (χ0v) is 11.1. The van der Waals surface area contributed by atoms with Crippen LogP contribution in [0.5, 0.6) is 0 Å². The van der Waals surface area contributed by atoms with Crippen molar-refractivity contribution in [3.8, 4) is 0 Å². The van der Waals surface area contributed by atoms with Gasteiger partial charge < -0.3 is 15.3 Å². The number of carbonyl (C=O) groups is 1. The summed E-state index contributed by atoms with van der Waals surface area (Å²) in [5.41, 5.74) is 1.94. The fourth-order valence-corrected chi connectivity index (χ4v) is 2.10. The van der Waals surface area contributed by atoms with Crippen molar-refractivity contribution in [2.24, 2.45) is 5.16 Å². The Bertz CT molecular complexity index is 499. The Balaban J connectivity index is 2.05. The van der Waals surface area contributed by atoms with Crippen LogP contribution in [0, 0.1) is 0 Å². The summed E-state index contributed by atoms with van der Waals surface area (Å²) in [5, 5.41) is 14.7. The number of hydrogen-bond donors (Lipinski definition) is 2. The van der Waals surface area contributed by atoms with Crippen molar-refractivity contribution in [2.75, 3.05) is 5.32 Å². The first-order chi connectivity index (χ1) is 9.10. The molecule has 19 heavy (non-hydrogen) atoms. The van der Waals surface area contributed by atoms with Crippen LogP contribution in [0.3, 0.4) is 0 Å². The molecule has 0 saturated carbocycles. The number of benzene rings is 1. The molecule has 0 radical (unpaired) electrons. The Morgan fingerprint density at radius 2 is 2.26 bits per heavy atom. The number of nitrogens with one attached hydrogen (secondary N) is 1. The molecule has 5 nitrogen and oxygen atoms in total. The summed E-state index contributed by atoms with van der Waals surface area (Å²) >= 11 is 0. The minimum Gasteiger partial charge on any atom is -0.411 e. The van der Waals surface area contributed by atoms with E-state index in [-0.39, 0.29) is 18.1 Å². The van der Waals surface area contributed by atoms with Crippen LogP contribution in [0.25, 0.3) is 0 Å². The second-order valence-electron chi connectivity index (χ2n) is 4.77. The van der Waals surface area contributed by atoms with Crippen molar-refractivity contribution in [3.05, 3.63) is 29.8 Å². The first-order valence-electron chi connectivity index (χ1n) is 6.35. The summed E-state index contributed by atoms with van der Waals surface area (Å²) < 4.78 is 5.52. The van der Waals surface area contributed by atoms with E-state index in [9.17, 15) is 4.79 Å². The smallest absolute Gasteiger partial charge is 0.253 e. The van der Waals surface area contributed by atoms with Crippen LogP contribution in [0.1, 0.15) is 32.3 Å². The van der Waals surface area contributed by atoms with E-state index in [1.165, 1.54) is 0 Å². The van der Waals surface area contributed by atoms with E-state index in [1.807, 2.05) is 13.0 Å². The third-order valence-electron chi connectivity index (χ3n) is 3.22. The Morgan fingerprint density at radius 3 is 2.89 bits per heavy atom. The van der Waals surface area contributed by atoms with Gasteiger partial charge in [-0.15, -0.1) is 0 Å². The average Bonchev–Trinajstić information content (AvgIpc) is 2.85. The molecule has 1 aliphatic rings. The summed E-state index contributed by atoms with van der Waals surface area (Å²) in [4.78, 5) is 12.0. The maximum absolute atomic E-state index is 12.0. The normalized spacial score (nSPS) is 23.4. The van der Waals surface area contributed by atoms with E-state index in [0.29, 0.717) is 11.4 Å². The molecule has 1 aromatic carbocycles. The maximum atomic E-state index is 12.0. The molecule has 1 aromatic rings. The Hall–Kier alpha value is -1.88. The van der Waals surface area contributed by atoms with E-state index < -0.39 is 0 Å². The van der Waals surface area contributed by atoms with Crippen molar-refractivity contribution in [3.63, 3.8) is 0 Å². The molecule has 2 N–H and O–H groups in total. The third kappa shape index (κ3) is 3.32. The molecule has 2 atom stereocenters. The van der Waals surface area contributed by atoms with Gasteiger partial charge in [0.15, 0.2) is 0 Å². The summed E-state index contributed by atoms with van der Waals surface area (Å²) in [6, 6.07) is 7.19. The molecule has 0 bridgehead atoms. The Morgan fingerprint density at radius 1 is 1.47 bits per heavy atom. The average molecular weight is 262 g/mol. The zero-order chi connectivity index (χ0) is 13.8. The lowest BCUT2D eigenvalue weighted by molar-refractivity contribution is -0.126. The Kier molecular flexibility index (Phi) is 4.16. The highest BCUT2D eigenvalue weighted by atomic mass is 16.5. The van der Waals surface area contributed by atoms with Gasteiger partial charge in [-0.3, -0.25) is 4.79 Å². The van der Waals surface area contributed by atoms with Crippen molar-refractivity contribution in [2.45, 2.75) is 38.9 Å². The van der Waals surface area contributed by atoms with Gasteiger partial charge in [-0.25, -0.2) is 0 Å². The maximum Gasteiger partial charge on any atom is 0.253 e. The number of ether oxygens (including phenoxy) is 1. The van der Waals surface area contributed by atoms with Crippen LogP contribution < -0.4 is 5.32 Å². The number of carbonyl (C=O) groups excluding carboxylic acids is 1. The lowest BCUT2D eigenvalue weighted by Crippen LogP contribution is -2.27. The van der Waals surface area contributed by atoms with Gasteiger partial charge in [0.25, 0.3) is 5.91 Å². The highest BCUT2D eigenvalue weighted by molar-refractivity contribution is 6.00. The van der Waals surface area contributed by atoms with Crippen molar-refractivity contribution >= 4 is 17.3 Å². The van der Waals surface area contributed by atoms with Crippen LogP contribution in [0.15, 0.2) is 29.4 Å². The van der Waals surface area contributed by atoms with Crippen molar-refractivity contribution in [1.29, 1.82) is 0 Å². The molecular weight excluding hydrogens is 244 g/mol. The van der Waals surface area contributed by atoms with Gasteiger partial charge in [-0.05, 0) is 38.8 Å². The number of nitrogens with zero attached hydrogens (tertiary/aromatic N) is 1. The molecule has 5 heteroatoms. The fraction of sp³-hybridized carbons (Fsp3) is 0.429. The fourth-order valence-electron chi connectivity index (χ4n) is 2.10. The Labute approximate surface area is 112 Å². The summed E-state index contributed by atoms with van der Waals surface area (Å²) in [6.45, 7) is 3.66. The number of hydrogen-bond acceptors (Lipinski definition) is 4. The topological polar surface area (TPSA) is 70.9 Å². The molecule has 1 heterocycles. The first-order valence-corrected chi connectivity index (χ1v) is 6.35. The van der Waals surface area contributed by atoms with Gasteiger partial charge in [-0.2, -0.15) is 0 Å². The van der Waals surface area contributed by atoms with Gasteiger partial charge >= 0.3 is 0 Å². The van der Waals surface area contributed by atoms with E-state index in [0.717, 1.165) is 18.4 Å². The molecule has 1 fully saturated rings. The lowest BCUT2D eigenvalue weighted by atomic mass is 10.1. The predicted octanol–water partition coefficient (Wildman–Crippen LogP) is 2.39. The van der Waals surface area contributed by atoms with Crippen LogP contribution in [-0.2, 0) is 9.53 Å². The van der Waals surface area contributed by atoms with E-state index in [2.05, 4.69) is 10.5 Å². The van der Waals surface area contributed by atoms with Crippen LogP contribution in [0.2, 0.25) is 0 Å². The quantitative estimate of drug-likeness (QED) is 0.499. The second kappa shape index (κ2) is 5.84. The SMILES string of the molecule is C/C(=N\O)c1cccc(NC(=O)C2CCC(C)O2)c1. The molecule has 0 aromatic heterocycles. The number of anilines is 1. The van der Waals surface area contributed by atoms with Crippen LogP contribution >= 0.6 is 0 Å². The van der Waals surface area contributed by atoms with E-state index >= 15 is 0 Å². The van der Waals surface area contributed by atoms with Crippen LogP contribution in [-0.4, -0.2) is 29.0 Å². The summed E-state index contributed by atoms with van der Waals surface area (Å²) in [7, 11) is 0. The van der Waals surface area contributed by atoms with Crippen molar-refractivity contribution < 1.29 is 14.7 Å². The molecule has 0 spiro atoms. The minimum atomic E-state index is -0.369. The molecular formula is C14H18N2O3. The number of rotatable bonds is 3. The molecule has 1 saturated heterocycles. The summed E-state index contributed by atoms with van der Waals surface area (Å²) in [6.07, 6.45) is 1.44. The molecule has 1 aliphatic heterocycles. The minimum absolute atomic E-state index is 0.125. The highest BCUT2D eigenvalue weighted by Crippen LogP contribution is 2.21. The van der Waals surface area contributed by atoms with Gasteiger partial charge in [0, 0.05) is 11.3 Å². The standard InChI is InChI=1S/C14H18N2O3/c1-9-6-7-13(19-9)14(17)15-12-5-3-4-11(8-12)10(2)16-18/h3-5,8-9,13,18H,6-7H2,1-2H3,(H,15,17)/b16-10+. The zero-order valence-electron chi connectivity index (χ0n) is 11.1. The predicted molar refractivity (Wildman–Crippen MR) is 72.6 cm³/mol. The largest absolute Gasteiger partial charge is 0.411 e. The molecule has 0 aliphatic carbocycles. The van der Waals surface area contributed by atoms with E-state index in [4.69, 9.17) is 9.94 Å². The van der Waals surface area contributed by atoms with Gasteiger partial charge in [0.05, 0.1) is 11.8 Å². The first kappa shape index (κ1) is 13.5. The molecule has 2 unspecified atom stereocenters. The monoisotopic (exact) mass is 262 g/mol. The molecule has 1 amide bonds. The van der Waals surface area contributed by atoms with Crippen molar-refractivity contribution in [1.82, 2.24) is 0 Å². The van der Waals surface area contributed by atoms with Gasteiger partial charge in [0.1, 0.15) is 6.10 Å². The second-order valence-corrected chi connectivity index (χ2v) is 4.77. The number of oxime groups is 1. The lowest BCUT2D eigenvalue weighted by Gasteiger charge is -2.12. The van der Waals surface area contributed by atoms with E-state index in [1.54, 1.807) is 25.1 Å². The summed E-state index contributed by atoms with van der Waals surface area (Å²) in [5.74, 6) is -0.125. The molecule has 2 rings (SSSR count). The number of amides is 1.